The summed E-state index contributed by atoms with van der Waals surface area (Å²) in [6.45, 7) is 0.0928. The van der Waals surface area contributed by atoms with Crippen molar-refractivity contribution in [3.8, 4) is 0 Å². The zero-order chi connectivity index (χ0) is 23.8. The molecule has 0 radical (unpaired) electrons. The molecule has 0 saturated heterocycles. The largest absolute Gasteiger partial charge is 0.293 e. The summed E-state index contributed by atoms with van der Waals surface area (Å²) >= 11 is 5.99. The molecule has 0 aliphatic carbocycles. The Hall–Kier alpha value is -4.02. The zero-order valence-corrected chi connectivity index (χ0v) is 19.2. The fourth-order valence-electron chi connectivity index (χ4n) is 3.60. The van der Waals surface area contributed by atoms with Crippen LogP contribution in [0.15, 0.2) is 120 Å². The number of ketones is 1. The fraction of sp³-hybridized carbons (Fsp3) is 0.0690. The number of carbonyl (C=O) groups excluding carboxylic acids is 2. The summed E-state index contributed by atoms with van der Waals surface area (Å²) in [6.07, 6.45) is 1.60. The van der Waals surface area contributed by atoms with Crippen LogP contribution in [-0.4, -0.2) is 29.5 Å². The lowest BCUT2D eigenvalue weighted by molar-refractivity contribution is 0.0736. The van der Waals surface area contributed by atoms with E-state index in [2.05, 4.69) is 5.10 Å². The molecule has 4 rings (SSSR count). The lowest BCUT2D eigenvalue weighted by atomic mass is 9.90. The second-order valence-electron chi connectivity index (χ2n) is 7.74. The third-order valence-corrected chi connectivity index (χ3v) is 5.66. The monoisotopic (exact) mass is 466 g/mol. The van der Waals surface area contributed by atoms with E-state index in [9.17, 15) is 9.59 Å². The van der Waals surface area contributed by atoms with Gasteiger partial charge in [0.15, 0.2) is 5.78 Å². The molecule has 168 valence electrons. The van der Waals surface area contributed by atoms with Gasteiger partial charge in [0.25, 0.3) is 5.91 Å². The van der Waals surface area contributed by atoms with Gasteiger partial charge in [0, 0.05) is 16.1 Å². The Labute approximate surface area is 204 Å². The van der Waals surface area contributed by atoms with Gasteiger partial charge in [-0.3, -0.25) is 9.59 Å². The first-order valence-electron chi connectivity index (χ1n) is 10.9. The molecular formula is C29H23ClN2O2. The fourth-order valence-corrected chi connectivity index (χ4v) is 3.73. The maximum Gasteiger partial charge on any atom is 0.273 e. The highest BCUT2D eigenvalue weighted by molar-refractivity contribution is 6.30. The Morgan fingerprint density at radius 1 is 0.735 bits per heavy atom. The quantitative estimate of drug-likeness (QED) is 0.169. The molecule has 0 fully saturated rings. The molecule has 0 saturated carbocycles. The number of carbonyl (C=O) groups is 2. The van der Waals surface area contributed by atoms with Crippen LogP contribution in [-0.2, 0) is 0 Å². The molecule has 4 aromatic rings. The van der Waals surface area contributed by atoms with E-state index in [4.69, 9.17) is 11.6 Å². The minimum Gasteiger partial charge on any atom is -0.293 e. The number of nitrogens with zero attached hydrogens (tertiary/aromatic N) is 2. The zero-order valence-electron chi connectivity index (χ0n) is 18.4. The van der Waals surface area contributed by atoms with Gasteiger partial charge in [-0.05, 0) is 35.4 Å². The van der Waals surface area contributed by atoms with Crippen molar-refractivity contribution in [1.29, 1.82) is 0 Å². The number of halogens is 1. The lowest BCUT2D eigenvalue weighted by Gasteiger charge is -2.24. The van der Waals surface area contributed by atoms with Crippen LogP contribution in [0.1, 0.15) is 37.8 Å². The predicted octanol–water partition coefficient (Wildman–Crippen LogP) is 6.48. The number of hydrogen-bond donors (Lipinski definition) is 0. The maximum absolute atomic E-state index is 13.5. The van der Waals surface area contributed by atoms with Crippen molar-refractivity contribution < 1.29 is 9.59 Å². The van der Waals surface area contributed by atoms with Gasteiger partial charge >= 0.3 is 0 Å². The molecule has 1 unspecified atom stereocenters. The molecule has 4 nitrogen and oxygen atoms in total. The molecule has 0 aliphatic heterocycles. The number of hydrogen-bond acceptors (Lipinski definition) is 3. The molecule has 0 N–H and O–H groups in total. The van der Waals surface area contributed by atoms with Gasteiger partial charge in [0.2, 0.25) is 0 Å². The Morgan fingerprint density at radius 3 is 1.85 bits per heavy atom. The van der Waals surface area contributed by atoms with Crippen LogP contribution in [0.4, 0.5) is 0 Å². The predicted molar refractivity (Wildman–Crippen MR) is 136 cm³/mol. The first-order chi connectivity index (χ1) is 16.6. The molecular weight excluding hydrogens is 444 g/mol. The first kappa shape index (κ1) is 23.1. The van der Waals surface area contributed by atoms with E-state index in [1.54, 1.807) is 54.7 Å². The van der Waals surface area contributed by atoms with Gasteiger partial charge in [-0.15, -0.1) is 0 Å². The smallest absolute Gasteiger partial charge is 0.273 e. The Morgan fingerprint density at radius 2 is 1.26 bits per heavy atom. The molecule has 0 heterocycles. The Kier molecular flexibility index (Phi) is 7.63. The van der Waals surface area contributed by atoms with E-state index in [1.807, 2.05) is 66.7 Å². The van der Waals surface area contributed by atoms with Gasteiger partial charge in [-0.1, -0.05) is 103 Å². The summed E-state index contributed by atoms with van der Waals surface area (Å²) in [5, 5.41) is 6.49. The van der Waals surface area contributed by atoms with E-state index in [0.29, 0.717) is 16.1 Å². The van der Waals surface area contributed by atoms with Crippen LogP contribution in [0.5, 0.6) is 0 Å². The molecule has 1 atom stereocenters. The summed E-state index contributed by atoms with van der Waals surface area (Å²) in [7, 11) is 0. The second-order valence-corrected chi connectivity index (χ2v) is 8.18. The number of hydrazone groups is 1. The van der Waals surface area contributed by atoms with Crippen LogP contribution in [0.2, 0.25) is 5.02 Å². The minimum absolute atomic E-state index is 0.0700. The van der Waals surface area contributed by atoms with Gasteiger partial charge in [0.1, 0.15) is 0 Å². The van der Waals surface area contributed by atoms with Crippen molar-refractivity contribution in [2.75, 3.05) is 6.54 Å². The van der Waals surface area contributed by atoms with Crippen LogP contribution in [0.3, 0.4) is 0 Å². The van der Waals surface area contributed by atoms with E-state index in [-0.39, 0.29) is 18.2 Å². The summed E-state index contributed by atoms with van der Waals surface area (Å²) in [4.78, 5) is 27.0. The second kappa shape index (κ2) is 11.2. The Balaban J connectivity index is 1.71. The van der Waals surface area contributed by atoms with Crippen molar-refractivity contribution in [3.05, 3.63) is 143 Å². The van der Waals surface area contributed by atoms with Crippen molar-refractivity contribution in [1.82, 2.24) is 5.01 Å². The van der Waals surface area contributed by atoms with Gasteiger partial charge in [0.05, 0.1) is 18.7 Å². The third kappa shape index (κ3) is 5.85. The number of amides is 1. The highest BCUT2D eigenvalue weighted by atomic mass is 35.5. The average molecular weight is 467 g/mol. The molecule has 0 bridgehead atoms. The maximum atomic E-state index is 13.5. The van der Waals surface area contributed by atoms with Crippen molar-refractivity contribution in [2.45, 2.75) is 5.92 Å². The summed E-state index contributed by atoms with van der Waals surface area (Å²) in [5.74, 6) is -0.939. The lowest BCUT2D eigenvalue weighted by Crippen LogP contribution is -2.33. The highest BCUT2D eigenvalue weighted by Gasteiger charge is 2.27. The normalized spacial score (nSPS) is 11.8. The first-order valence-corrected chi connectivity index (χ1v) is 11.3. The molecule has 34 heavy (non-hydrogen) atoms. The number of Topliss-reactive ketones (excluding diaryl/α,β-unsaturated/α-hetero) is 1. The standard InChI is InChI=1S/C29H23ClN2O2/c30-26-18-16-22(17-19-26)20-31-32(29(34)25-14-8-3-9-15-25)21-27(23-10-4-1-5-11-23)28(33)24-12-6-2-7-13-24/h1-20,27H,21H2. The summed E-state index contributed by atoms with van der Waals surface area (Å²) in [5.41, 5.74) is 2.70. The van der Waals surface area contributed by atoms with Crippen LogP contribution >= 0.6 is 11.6 Å². The van der Waals surface area contributed by atoms with E-state index < -0.39 is 5.92 Å². The van der Waals surface area contributed by atoms with Gasteiger partial charge in [-0.25, -0.2) is 5.01 Å². The molecule has 0 spiro atoms. The van der Waals surface area contributed by atoms with E-state index in [0.717, 1.165) is 11.1 Å². The number of benzene rings is 4. The topological polar surface area (TPSA) is 49.7 Å². The molecule has 1 amide bonds. The van der Waals surface area contributed by atoms with Crippen LogP contribution < -0.4 is 0 Å². The van der Waals surface area contributed by atoms with E-state index in [1.165, 1.54) is 5.01 Å². The number of rotatable bonds is 8. The minimum atomic E-state index is -0.585. The van der Waals surface area contributed by atoms with E-state index >= 15 is 0 Å². The molecule has 0 aliphatic rings. The third-order valence-electron chi connectivity index (χ3n) is 5.40. The van der Waals surface area contributed by atoms with Crippen LogP contribution in [0.25, 0.3) is 0 Å². The molecule has 0 aromatic heterocycles. The Bertz CT molecular complexity index is 1260. The van der Waals surface area contributed by atoms with Crippen molar-refractivity contribution >= 4 is 29.5 Å². The molecule has 5 heteroatoms. The highest BCUT2D eigenvalue weighted by Crippen LogP contribution is 2.24. The van der Waals surface area contributed by atoms with Crippen LogP contribution in [0, 0.1) is 0 Å². The summed E-state index contributed by atoms with van der Waals surface area (Å²) in [6, 6.07) is 34.7. The van der Waals surface area contributed by atoms with Crippen molar-refractivity contribution in [2.24, 2.45) is 5.10 Å². The average Bonchev–Trinajstić information content (AvgIpc) is 2.90. The van der Waals surface area contributed by atoms with Gasteiger partial charge < -0.3 is 0 Å². The van der Waals surface area contributed by atoms with Crippen molar-refractivity contribution in [3.63, 3.8) is 0 Å². The summed E-state index contributed by atoms with van der Waals surface area (Å²) < 4.78 is 0. The molecule has 4 aromatic carbocycles. The van der Waals surface area contributed by atoms with Gasteiger partial charge in [-0.2, -0.15) is 5.10 Å². The SMILES string of the molecule is O=C(c1ccccc1)C(CN(N=Cc1ccc(Cl)cc1)C(=O)c1ccccc1)c1ccccc1.